The predicted octanol–water partition coefficient (Wildman–Crippen LogP) is 4.26. The number of anilines is 1. The van der Waals surface area contributed by atoms with Gasteiger partial charge in [0.2, 0.25) is 0 Å². The first-order valence-corrected chi connectivity index (χ1v) is 6.87. The van der Waals surface area contributed by atoms with Gasteiger partial charge in [0.25, 0.3) is 0 Å². The summed E-state index contributed by atoms with van der Waals surface area (Å²) in [5, 5.41) is 3.49. The van der Waals surface area contributed by atoms with Gasteiger partial charge in [-0.3, -0.25) is 0 Å². The molecular formula is C17H21NO. The zero-order chi connectivity index (χ0) is 13.5. The summed E-state index contributed by atoms with van der Waals surface area (Å²) in [6, 6.07) is 16.7. The van der Waals surface area contributed by atoms with Gasteiger partial charge in [-0.05, 0) is 42.7 Å². The van der Waals surface area contributed by atoms with Crippen LogP contribution in [0.1, 0.15) is 25.0 Å². The third-order valence-corrected chi connectivity index (χ3v) is 3.09. The average Bonchev–Trinajstić information content (AvgIpc) is 2.46. The van der Waals surface area contributed by atoms with Crippen molar-refractivity contribution in [2.45, 2.75) is 26.8 Å². The molecule has 0 saturated heterocycles. The Kier molecular flexibility index (Phi) is 4.85. The van der Waals surface area contributed by atoms with Crippen molar-refractivity contribution in [2.24, 2.45) is 0 Å². The van der Waals surface area contributed by atoms with Gasteiger partial charge < -0.3 is 10.1 Å². The molecule has 0 unspecified atom stereocenters. The van der Waals surface area contributed by atoms with E-state index in [0.29, 0.717) is 6.61 Å². The van der Waals surface area contributed by atoms with Crippen LogP contribution in [0.25, 0.3) is 0 Å². The summed E-state index contributed by atoms with van der Waals surface area (Å²) in [4.78, 5) is 0. The summed E-state index contributed by atoms with van der Waals surface area (Å²) in [7, 11) is 0. The van der Waals surface area contributed by atoms with Gasteiger partial charge in [0.1, 0.15) is 5.75 Å². The molecule has 0 aliphatic rings. The fraction of sp³-hybridized carbons (Fsp3) is 0.294. The van der Waals surface area contributed by atoms with Gasteiger partial charge in [0.05, 0.1) is 6.61 Å². The second-order valence-electron chi connectivity index (χ2n) is 4.44. The monoisotopic (exact) mass is 255 g/mol. The molecule has 19 heavy (non-hydrogen) atoms. The van der Waals surface area contributed by atoms with Crippen LogP contribution in [0.3, 0.4) is 0 Å². The fourth-order valence-corrected chi connectivity index (χ4v) is 2.11. The van der Waals surface area contributed by atoms with Crippen LogP contribution in [-0.4, -0.2) is 6.61 Å². The van der Waals surface area contributed by atoms with E-state index in [1.165, 1.54) is 16.8 Å². The Labute approximate surface area is 115 Å². The first-order chi connectivity index (χ1) is 9.33. The molecule has 2 aromatic rings. The minimum absolute atomic E-state index is 0.704. The van der Waals surface area contributed by atoms with Gasteiger partial charge >= 0.3 is 0 Å². The van der Waals surface area contributed by atoms with E-state index in [1.54, 1.807) is 0 Å². The van der Waals surface area contributed by atoms with Crippen molar-refractivity contribution in [3.8, 4) is 5.75 Å². The molecule has 2 aromatic carbocycles. The maximum atomic E-state index is 5.52. The van der Waals surface area contributed by atoms with Crippen molar-refractivity contribution >= 4 is 5.69 Å². The minimum atomic E-state index is 0.704. The highest BCUT2D eigenvalue weighted by molar-refractivity contribution is 5.51. The summed E-state index contributed by atoms with van der Waals surface area (Å²) >= 11 is 0. The molecule has 2 rings (SSSR count). The number of para-hydroxylation sites is 1. The molecule has 0 fully saturated rings. The Morgan fingerprint density at radius 3 is 2.63 bits per heavy atom. The van der Waals surface area contributed by atoms with E-state index in [0.717, 1.165) is 18.7 Å². The van der Waals surface area contributed by atoms with E-state index < -0.39 is 0 Å². The van der Waals surface area contributed by atoms with Gasteiger partial charge in [-0.1, -0.05) is 37.3 Å². The zero-order valence-corrected chi connectivity index (χ0v) is 11.6. The van der Waals surface area contributed by atoms with E-state index >= 15 is 0 Å². The minimum Gasteiger partial charge on any atom is -0.494 e. The third-order valence-electron chi connectivity index (χ3n) is 3.09. The Morgan fingerprint density at radius 1 is 1.00 bits per heavy atom. The maximum Gasteiger partial charge on any atom is 0.119 e. The molecule has 1 N–H and O–H groups in total. The second kappa shape index (κ2) is 6.83. The van der Waals surface area contributed by atoms with Crippen molar-refractivity contribution < 1.29 is 4.74 Å². The number of hydrogen-bond donors (Lipinski definition) is 1. The largest absolute Gasteiger partial charge is 0.494 e. The van der Waals surface area contributed by atoms with Crippen LogP contribution in [0.4, 0.5) is 5.69 Å². The lowest BCUT2D eigenvalue weighted by Gasteiger charge is -2.11. The average molecular weight is 255 g/mol. The Balaban J connectivity index is 2.03. The lowest BCUT2D eigenvalue weighted by atomic mass is 10.1. The van der Waals surface area contributed by atoms with Crippen LogP contribution < -0.4 is 10.1 Å². The molecule has 0 saturated carbocycles. The Bertz CT molecular complexity index is 522. The van der Waals surface area contributed by atoms with Crippen molar-refractivity contribution in [1.82, 2.24) is 0 Å². The topological polar surface area (TPSA) is 21.3 Å². The molecule has 0 aromatic heterocycles. The molecule has 0 heterocycles. The Morgan fingerprint density at radius 2 is 1.84 bits per heavy atom. The summed E-state index contributed by atoms with van der Waals surface area (Å²) in [6.45, 7) is 5.70. The second-order valence-corrected chi connectivity index (χ2v) is 4.44. The summed E-state index contributed by atoms with van der Waals surface area (Å²) in [5.41, 5.74) is 3.80. The molecule has 2 nitrogen and oxygen atoms in total. The lowest BCUT2D eigenvalue weighted by Crippen LogP contribution is -2.02. The molecule has 0 aliphatic heterocycles. The SMILES string of the molecule is CCOc1cccc(CNc2ccccc2CC)c1. The first kappa shape index (κ1) is 13.5. The number of benzene rings is 2. The highest BCUT2D eigenvalue weighted by Gasteiger charge is 2.00. The van der Waals surface area contributed by atoms with Crippen molar-refractivity contribution in [3.63, 3.8) is 0 Å². The molecule has 2 heteroatoms. The highest BCUT2D eigenvalue weighted by Crippen LogP contribution is 2.18. The van der Waals surface area contributed by atoms with Gasteiger partial charge in [-0.25, -0.2) is 0 Å². The third kappa shape index (κ3) is 3.75. The van der Waals surface area contributed by atoms with Crippen molar-refractivity contribution in [1.29, 1.82) is 0 Å². The van der Waals surface area contributed by atoms with Crippen LogP contribution in [-0.2, 0) is 13.0 Å². The van der Waals surface area contributed by atoms with Crippen molar-refractivity contribution in [2.75, 3.05) is 11.9 Å². The van der Waals surface area contributed by atoms with E-state index in [9.17, 15) is 0 Å². The molecule has 0 radical (unpaired) electrons. The van der Waals surface area contributed by atoms with Gasteiger partial charge in [-0.2, -0.15) is 0 Å². The van der Waals surface area contributed by atoms with E-state index in [4.69, 9.17) is 4.74 Å². The highest BCUT2D eigenvalue weighted by atomic mass is 16.5. The van der Waals surface area contributed by atoms with Gasteiger partial charge in [0, 0.05) is 12.2 Å². The number of ether oxygens (including phenoxy) is 1. The molecule has 0 amide bonds. The van der Waals surface area contributed by atoms with Crippen LogP contribution in [0.15, 0.2) is 48.5 Å². The normalized spacial score (nSPS) is 10.2. The standard InChI is InChI=1S/C17H21NO/c1-3-15-9-5-6-11-17(15)18-13-14-8-7-10-16(12-14)19-4-2/h5-12,18H,3-4,13H2,1-2H3. The number of rotatable bonds is 6. The van der Waals surface area contributed by atoms with Crippen LogP contribution in [0.2, 0.25) is 0 Å². The Hall–Kier alpha value is -1.96. The van der Waals surface area contributed by atoms with E-state index in [-0.39, 0.29) is 0 Å². The predicted molar refractivity (Wildman–Crippen MR) is 80.8 cm³/mol. The number of aryl methyl sites for hydroxylation is 1. The number of nitrogens with one attached hydrogen (secondary N) is 1. The van der Waals surface area contributed by atoms with Crippen LogP contribution >= 0.6 is 0 Å². The maximum absolute atomic E-state index is 5.52. The van der Waals surface area contributed by atoms with E-state index in [1.807, 2.05) is 19.1 Å². The quantitative estimate of drug-likeness (QED) is 0.832. The summed E-state index contributed by atoms with van der Waals surface area (Å²) < 4.78 is 5.52. The zero-order valence-electron chi connectivity index (χ0n) is 11.6. The molecular weight excluding hydrogens is 234 g/mol. The molecule has 0 bridgehead atoms. The molecule has 0 spiro atoms. The van der Waals surface area contributed by atoms with Gasteiger partial charge in [-0.15, -0.1) is 0 Å². The van der Waals surface area contributed by atoms with Crippen molar-refractivity contribution in [3.05, 3.63) is 59.7 Å². The first-order valence-electron chi connectivity index (χ1n) is 6.87. The van der Waals surface area contributed by atoms with Crippen LogP contribution in [0, 0.1) is 0 Å². The van der Waals surface area contributed by atoms with Gasteiger partial charge in [0.15, 0.2) is 0 Å². The molecule has 100 valence electrons. The van der Waals surface area contributed by atoms with E-state index in [2.05, 4.69) is 48.6 Å². The fourth-order valence-electron chi connectivity index (χ4n) is 2.11. The summed E-state index contributed by atoms with van der Waals surface area (Å²) in [6.07, 6.45) is 1.04. The smallest absolute Gasteiger partial charge is 0.119 e. The summed E-state index contributed by atoms with van der Waals surface area (Å²) in [5.74, 6) is 0.936. The lowest BCUT2D eigenvalue weighted by molar-refractivity contribution is 0.340. The molecule has 0 atom stereocenters. The molecule has 0 aliphatic carbocycles. The number of hydrogen-bond acceptors (Lipinski definition) is 2. The van der Waals surface area contributed by atoms with Crippen LogP contribution in [0.5, 0.6) is 5.75 Å².